The number of nitrogen functional groups attached to an aromatic ring is 1. The van der Waals surface area contributed by atoms with Crippen LogP contribution in [-0.2, 0) is 13.2 Å². The van der Waals surface area contributed by atoms with E-state index in [4.69, 9.17) is 19.8 Å². The van der Waals surface area contributed by atoms with Gasteiger partial charge in [0.1, 0.15) is 6.61 Å². The van der Waals surface area contributed by atoms with Gasteiger partial charge in [0.25, 0.3) is 5.91 Å². The highest BCUT2D eigenvalue weighted by atomic mass is 79.9. The van der Waals surface area contributed by atoms with E-state index >= 15 is 0 Å². The number of halogens is 1. The van der Waals surface area contributed by atoms with E-state index in [0.29, 0.717) is 40.4 Å². The number of aromatic nitrogens is 5. The van der Waals surface area contributed by atoms with Gasteiger partial charge in [0, 0.05) is 5.69 Å². The van der Waals surface area contributed by atoms with Crippen molar-refractivity contribution in [3.05, 3.63) is 99.3 Å². The van der Waals surface area contributed by atoms with Crippen LogP contribution in [0.15, 0.2) is 80.9 Å². The van der Waals surface area contributed by atoms with Crippen molar-refractivity contribution in [2.24, 2.45) is 5.10 Å². The second kappa shape index (κ2) is 13.6. The predicted molar refractivity (Wildman–Crippen MR) is 163 cm³/mol. The maximum atomic E-state index is 13.2. The Bertz CT molecular complexity index is 1720. The fraction of sp³-hybridized carbons (Fsp3) is 0.172. The fourth-order valence-electron chi connectivity index (χ4n) is 4.01. The lowest BCUT2D eigenvalue weighted by molar-refractivity contribution is 0.0949. The molecule has 5 rings (SSSR count). The van der Waals surface area contributed by atoms with Crippen LogP contribution in [0.25, 0.3) is 5.82 Å². The van der Waals surface area contributed by atoms with Gasteiger partial charge in [-0.15, -0.1) is 5.10 Å². The highest BCUT2D eigenvalue weighted by Crippen LogP contribution is 2.37. The number of nitrogens with zero attached hydrogens (tertiary/aromatic N) is 6. The van der Waals surface area contributed by atoms with Crippen LogP contribution in [0.1, 0.15) is 39.8 Å². The first kappa shape index (κ1) is 29.3. The molecule has 3 aromatic carbocycles. The number of nitrogens with one attached hydrogen (secondary N) is 2. The van der Waals surface area contributed by atoms with Gasteiger partial charge in [-0.3, -0.25) is 4.79 Å². The van der Waals surface area contributed by atoms with Crippen LogP contribution in [0.4, 0.5) is 11.5 Å². The van der Waals surface area contributed by atoms with Gasteiger partial charge in [0.15, 0.2) is 17.2 Å². The molecule has 0 aliphatic carbocycles. The Morgan fingerprint density at radius 3 is 2.63 bits per heavy atom. The zero-order chi connectivity index (χ0) is 30.2. The molecule has 220 valence electrons. The lowest BCUT2D eigenvalue weighted by Gasteiger charge is -2.15. The Hall–Kier alpha value is -5.24. The molecule has 0 radical (unpaired) electrons. The number of anilines is 2. The molecule has 14 heteroatoms. The van der Waals surface area contributed by atoms with E-state index in [1.54, 1.807) is 6.07 Å². The second-order valence-electron chi connectivity index (χ2n) is 9.23. The SMILES string of the molecule is CCOc1cc(C=NNC(=O)c2nnn(-c3nonc3N)c2CNc2ccccc2)cc(Br)c1OCc1ccc(C)cc1. The quantitative estimate of drug-likeness (QED) is 0.128. The van der Waals surface area contributed by atoms with Gasteiger partial charge in [-0.1, -0.05) is 53.2 Å². The van der Waals surface area contributed by atoms with Crippen molar-refractivity contribution in [1.29, 1.82) is 0 Å². The molecule has 2 heterocycles. The maximum absolute atomic E-state index is 13.2. The number of carbonyl (C=O) groups excluding carboxylic acids is 1. The Morgan fingerprint density at radius 1 is 1.12 bits per heavy atom. The average Bonchev–Trinajstić information content (AvgIpc) is 3.62. The molecular weight excluding hydrogens is 618 g/mol. The fourth-order valence-corrected chi connectivity index (χ4v) is 4.58. The normalized spacial score (nSPS) is 11.0. The van der Waals surface area contributed by atoms with Gasteiger partial charge < -0.3 is 20.5 Å². The zero-order valence-corrected chi connectivity index (χ0v) is 24.9. The molecule has 2 aromatic heterocycles. The average molecular weight is 647 g/mol. The minimum atomic E-state index is -0.593. The van der Waals surface area contributed by atoms with E-state index in [-0.39, 0.29) is 23.9 Å². The molecule has 4 N–H and O–H groups in total. The number of hydrazone groups is 1. The van der Waals surface area contributed by atoms with Crippen LogP contribution >= 0.6 is 15.9 Å². The van der Waals surface area contributed by atoms with Gasteiger partial charge in [-0.2, -0.15) is 9.78 Å². The molecule has 0 saturated carbocycles. The smallest absolute Gasteiger partial charge is 0.293 e. The third-order valence-corrected chi connectivity index (χ3v) is 6.71. The summed E-state index contributed by atoms with van der Waals surface area (Å²) in [5, 5.41) is 22.8. The van der Waals surface area contributed by atoms with Crippen LogP contribution in [0, 0.1) is 6.92 Å². The minimum absolute atomic E-state index is 0.00203. The number of rotatable bonds is 12. The van der Waals surface area contributed by atoms with Gasteiger partial charge >= 0.3 is 0 Å². The standard InChI is InChI=1S/C29H28BrN9O4/c1-3-41-24-14-20(13-22(30)26(24)42-17-19-11-9-18(2)10-12-19)15-33-35-29(40)25-23(16-32-21-7-5-4-6-8-21)39(38-34-25)28-27(31)36-43-37-28/h4-15,32H,3,16-17H2,1-2H3,(H2,31,36)(H,35,40). The largest absolute Gasteiger partial charge is 0.490 e. The van der Waals surface area contributed by atoms with E-state index in [0.717, 1.165) is 11.3 Å². The summed E-state index contributed by atoms with van der Waals surface area (Å²) in [7, 11) is 0. The molecule has 0 spiro atoms. The third kappa shape index (κ3) is 7.16. The van der Waals surface area contributed by atoms with Crippen molar-refractivity contribution in [3.63, 3.8) is 0 Å². The first-order valence-corrected chi connectivity index (χ1v) is 14.0. The zero-order valence-electron chi connectivity index (χ0n) is 23.3. The summed E-state index contributed by atoms with van der Waals surface area (Å²) >= 11 is 3.57. The molecule has 0 saturated heterocycles. The summed E-state index contributed by atoms with van der Waals surface area (Å²) in [4.78, 5) is 13.2. The van der Waals surface area contributed by atoms with Gasteiger partial charge in [-0.25, -0.2) is 10.1 Å². The molecule has 13 nitrogen and oxygen atoms in total. The highest BCUT2D eigenvalue weighted by molar-refractivity contribution is 9.10. The van der Waals surface area contributed by atoms with Gasteiger partial charge in [-0.05, 0) is 75.5 Å². The van der Waals surface area contributed by atoms with Crippen molar-refractivity contribution in [2.75, 3.05) is 17.7 Å². The summed E-state index contributed by atoms with van der Waals surface area (Å²) in [6, 6.07) is 21.2. The van der Waals surface area contributed by atoms with Crippen LogP contribution in [0.5, 0.6) is 11.5 Å². The maximum Gasteiger partial charge on any atom is 0.293 e. The molecule has 0 aliphatic rings. The summed E-state index contributed by atoms with van der Waals surface area (Å²) in [6.45, 7) is 4.91. The second-order valence-corrected chi connectivity index (χ2v) is 10.1. The predicted octanol–water partition coefficient (Wildman–Crippen LogP) is 4.66. The molecular formula is C29H28BrN9O4. The van der Waals surface area contributed by atoms with E-state index in [1.807, 2.05) is 74.5 Å². The summed E-state index contributed by atoms with van der Waals surface area (Å²) in [5.74, 6) is 0.616. The molecule has 0 bridgehead atoms. The van der Waals surface area contributed by atoms with Crippen LogP contribution in [0.3, 0.4) is 0 Å². The molecule has 43 heavy (non-hydrogen) atoms. The number of ether oxygens (including phenoxy) is 2. The number of aryl methyl sites for hydroxylation is 1. The molecule has 0 atom stereocenters. The minimum Gasteiger partial charge on any atom is -0.490 e. The molecule has 0 fully saturated rings. The Labute approximate surface area is 255 Å². The lowest BCUT2D eigenvalue weighted by Crippen LogP contribution is -2.21. The number of carbonyl (C=O) groups is 1. The molecule has 0 aliphatic heterocycles. The summed E-state index contributed by atoms with van der Waals surface area (Å²) in [6.07, 6.45) is 1.49. The van der Waals surface area contributed by atoms with Crippen molar-refractivity contribution in [2.45, 2.75) is 27.0 Å². The van der Waals surface area contributed by atoms with Crippen molar-refractivity contribution in [3.8, 4) is 17.3 Å². The number of nitrogens with two attached hydrogens (primary N) is 1. The van der Waals surface area contributed by atoms with Gasteiger partial charge in [0.05, 0.1) is 29.5 Å². The lowest BCUT2D eigenvalue weighted by atomic mass is 10.2. The first-order chi connectivity index (χ1) is 20.9. The molecule has 5 aromatic rings. The van der Waals surface area contributed by atoms with Crippen LogP contribution in [-0.4, -0.2) is 44.0 Å². The van der Waals surface area contributed by atoms with Crippen molar-refractivity contribution in [1.82, 2.24) is 30.7 Å². The van der Waals surface area contributed by atoms with Crippen LogP contribution in [0.2, 0.25) is 0 Å². The number of benzene rings is 3. The number of amides is 1. The third-order valence-electron chi connectivity index (χ3n) is 6.12. The summed E-state index contributed by atoms with van der Waals surface area (Å²) < 4.78 is 18.6. The van der Waals surface area contributed by atoms with Crippen LogP contribution < -0.4 is 25.9 Å². The monoisotopic (exact) mass is 645 g/mol. The Balaban J connectivity index is 1.32. The number of hydrogen-bond donors (Lipinski definition) is 3. The van der Waals surface area contributed by atoms with E-state index in [2.05, 4.69) is 52.4 Å². The van der Waals surface area contributed by atoms with E-state index in [9.17, 15) is 4.79 Å². The van der Waals surface area contributed by atoms with E-state index < -0.39 is 5.91 Å². The topological polar surface area (TPSA) is 168 Å². The number of hydrogen-bond acceptors (Lipinski definition) is 11. The van der Waals surface area contributed by atoms with Crippen molar-refractivity contribution >= 4 is 39.6 Å². The molecule has 1 amide bonds. The number of para-hydroxylation sites is 1. The van der Waals surface area contributed by atoms with Gasteiger partial charge in [0.2, 0.25) is 11.6 Å². The molecule has 0 unspecified atom stereocenters. The Kier molecular flexibility index (Phi) is 9.26. The van der Waals surface area contributed by atoms with Crippen molar-refractivity contribution < 1.29 is 18.9 Å². The summed E-state index contributed by atoms with van der Waals surface area (Å²) in [5.41, 5.74) is 12.5. The van der Waals surface area contributed by atoms with E-state index in [1.165, 1.54) is 16.5 Å². The Morgan fingerprint density at radius 2 is 1.91 bits per heavy atom. The first-order valence-electron chi connectivity index (χ1n) is 13.2. The highest BCUT2D eigenvalue weighted by Gasteiger charge is 2.24.